The standard InChI is InChI=1S/C13H26N2O2/c1-5-12-14-11(9-10(2)3)13(16)15(12)7-6-8-17-4/h10-12,14H,5-9H2,1-4H3. The van der Waals surface area contributed by atoms with Gasteiger partial charge in [0.1, 0.15) is 0 Å². The van der Waals surface area contributed by atoms with Gasteiger partial charge in [-0.25, -0.2) is 0 Å². The lowest BCUT2D eigenvalue weighted by molar-refractivity contribution is -0.130. The maximum absolute atomic E-state index is 12.2. The Labute approximate surface area is 105 Å². The van der Waals surface area contributed by atoms with Gasteiger partial charge in [0, 0.05) is 20.3 Å². The Morgan fingerprint density at radius 1 is 1.47 bits per heavy atom. The molecule has 0 radical (unpaired) electrons. The average molecular weight is 242 g/mol. The third-order valence-corrected chi connectivity index (χ3v) is 3.19. The van der Waals surface area contributed by atoms with E-state index in [-0.39, 0.29) is 18.1 Å². The predicted octanol–water partition coefficient (Wildman–Crippen LogP) is 1.61. The maximum atomic E-state index is 12.2. The van der Waals surface area contributed by atoms with Crippen molar-refractivity contribution >= 4 is 5.91 Å². The Kier molecular flexibility index (Phi) is 5.92. The molecule has 0 aromatic heterocycles. The number of rotatable bonds is 7. The smallest absolute Gasteiger partial charge is 0.241 e. The summed E-state index contributed by atoms with van der Waals surface area (Å²) in [5.74, 6) is 0.814. The van der Waals surface area contributed by atoms with Crippen LogP contribution in [0.15, 0.2) is 0 Å². The number of carbonyl (C=O) groups excluding carboxylic acids is 1. The Morgan fingerprint density at radius 3 is 2.71 bits per heavy atom. The van der Waals surface area contributed by atoms with Crippen molar-refractivity contribution in [3.05, 3.63) is 0 Å². The van der Waals surface area contributed by atoms with Crippen molar-refractivity contribution in [1.29, 1.82) is 0 Å². The van der Waals surface area contributed by atoms with E-state index in [2.05, 4.69) is 26.1 Å². The summed E-state index contributed by atoms with van der Waals surface area (Å²) in [5, 5.41) is 3.43. The minimum atomic E-state index is 0.0162. The second kappa shape index (κ2) is 6.97. The van der Waals surface area contributed by atoms with Gasteiger partial charge in [-0.1, -0.05) is 20.8 Å². The number of carbonyl (C=O) groups is 1. The van der Waals surface area contributed by atoms with Crippen molar-refractivity contribution in [3.8, 4) is 0 Å². The van der Waals surface area contributed by atoms with Gasteiger partial charge in [-0.2, -0.15) is 0 Å². The van der Waals surface area contributed by atoms with Crippen LogP contribution in [0.1, 0.15) is 40.0 Å². The summed E-state index contributed by atoms with van der Waals surface area (Å²) in [7, 11) is 1.70. The first kappa shape index (κ1) is 14.5. The van der Waals surface area contributed by atoms with Crippen molar-refractivity contribution in [2.45, 2.75) is 52.2 Å². The lowest BCUT2D eigenvalue weighted by Crippen LogP contribution is -2.37. The second-order valence-electron chi connectivity index (χ2n) is 5.15. The highest BCUT2D eigenvalue weighted by atomic mass is 16.5. The number of hydrogen-bond donors (Lipinski definition) is 1. The number of nitrogens with zero attached hydrogens (tertiary/aromatic N) is 1. The molecular formula is C13H26N2O2. The highest BCUT2D eigenvalue weighted by molar-refractivity contribution is 5.84. The largest absolute Gasteiger partial charge is 0.385 e. The fourth-order valence-electron chi connectivity index (χ4n) is 2.37. The molecule has 4 nitrogen and oxygen atoms in total. The molecule has 0 aliphatic carbocycles. The van der Waals surface area contributed by atoms with E-state index in [4.69, 9.17) is 4.74 Å². The van der Waals surface area contributed by atoms with Crippen LogP contribution in [0.25, 0.3) is 0 Å². The van der Waals surface area contributed by atoms with Gasteiger partial charge in [0.05, 0.1) is 12.2 Å². The topological polar surface area (TPSA) is 41.6 Å². The van der Waals surface area contributed by atoms with E-state index in [1.54, 1.807) is 7.11 Å². The van der Waals surface area contributed by atoms with Gasteiger partial charge in [0.2, 0.25) is 5.91 Å². The molecule has 2 unspecified atom stereocenters. The Morgan fingerprint density at radius 2 is 2.18 bits per heavy atom. The molecule has 1 N–H and O–H groups in total. The van der Waals surface area contributed by atoms with Crippen LogP contribution in [0.5, 0.6) is 0 Å². The Bertz CT molecular complexity index is 244. The van der Waals surface area contributed by atoms with Crippen LogP contribution in [0, 0.1) is 5.92 Å². The predicted molar refractivity (Wildman–Crippen MR) is 68.7 cm³/mol. The first-order chi connectivity index (χ1) is 8.10. The van der Waals surface area contributed by atoms with Crippen LogP contribution in [-0.4, -0.2) is 43.3 Å². The lowest BCUT2D eigenvalue weighted by Gasteiger charge is -2.22. The fourth-order valence-corrected chi connectivity index (χ4v) is 2.37. The first-order valence-corrected chi connectivity index (χ1v) is 6.65. The molecule has 0 bridgehead atoms. The quantitative estimate of drug-likeness (QED) is 0.690. The van der Waals surface area contributed by atoms with Crippen molar-refractivity contribution in [3.63, 3.8) is 0 Å². The van der Waals surface area contributed by atoms with Gasteiger partial charge < -0.3 is 9.64 Å². The van der Waals surface area contributed by atoms with Crippen LogP contribution < -0.4 is 5.32 Å². The molecule has 0 aromatic carbocycles. The number of amides is 1. The van der Waals surface area contributed by atoms with E-state index in [1.807, 2.05) is 4.90 Å². The van der Waals surface area contributed by atoms with Crippen LogP contribution in [0.2, 0.25) is 0 Å². The Balaban J connectivity index is 2.52. The first-order valence-electron chi connectivity index (χ1n) is 6.65. The molecule has 2 atom stereocenters. The number of ether oxygens (including phenoxy) is 1. The van der Waals surface area contributed by atoms with Gasteiger partial charge >= 0.3 is 0 Å². The normalized spacial score (nSPS) is 25.0. The van der Waals surface area contributed by atoms with Crippen molar-refractivity contribution in [2.24, 2.45) is 5.92 Å². The van der Waals surface area contributed by atoms with E-state index < -0.39 is 0 Å². The summed E-state index contributed by atoms with van der Waals surface area (Å²) >= 11 is 0. The van der Waals surface area contributed by atoms with E-state index in [0.717, 1.165) is 32.4 Å². The number of methoxy groups -OCH3 is 1. The highest BCUT2D eigenvalue weighted by Gasteiger charge is 2.37. The van der Waals surface area contributed by atoms with E-state index in [0.29, 0.717) is 5.92 Å². The third kappa shape index (κ3) is 3.96. The summed E-state index contributed by atoms with van der Waals surface area (Å²) in [5.41, 5.74) is 0. The average Bonchev–Trinajstić information content (AvgIpc) is 2.57. The third-order valence-electron chi connectivity index (χ3n) is 3.19. The van der Waals surface area contributed by atoms with Crippen molar-refractivity contribution < 1.29 is 9.53 Å². The van der Waals surface area contributed by atoms with Crippen LogP contribution in [0.4, 0.5) is 0 Å². The van der Waals surface area contributed by atoms with Gasteiger partial charge in [-0.3, -0.25) is 10.1 Å². The molecule has 17 heavy (non-hydrogen) atoms. The summed E-state index contributed by atoms with van der Waals surface area (Å²) in [4.78, 5) is 14.2. The van der Waals surface area contributed by atoms with Gasteiger partial charge in [-0.15, -0.1) is 0 Å². The molecule has 1 amide bonds. The zero-order chi connectivity index (χ0) is 12.8. The van der Waals surface area contributed by atoms with Gasteiger partial charge in [0.15, 0.2) is 0 Å². The number of hydrogen-bond acceptors (Lipinski definition) is 3. The van der Waals surface area contributed by atoms with E-state index in [9.17, 15) is 4.79 Å². The van der Waals surface area contributed by atoms with Gasteiger partial charge in [0.25, 0.3) is 0 Å². The summed E-state index contributed by atoms with van der Waals surface area (Å²) in [6.07, 6.45) is 3.02. The monoisotopic (exact) mass is 242 g/mol. The molecule has 1 aliphatic rings. The molecule has 1 saturated heterocycles. The highest BCUT2D eigenvalue weighted by Crippen LogP contribution is 2.18. The maximum Gasteiger partial charge on any atom is 0.241 e. The lowest BCUT2D eigenvalue weighted by atomic mass is 10.0. The van der Waals surface area contributed by atoms with Gasteiger partial charge in [-0.05, 0) is 25.2 Å². The molecule has 1 rings (SSSR count). The minimum absolute atomic E-state index is 0.0162. The second-order valence-corrected chi connectivity index (χ2v) is 5.15. The molecular weight excluding hydrogens is 216 g/mol. The molecule has 1 heterocycles. The molecule has 0 saturated carbocycles. The van der Waals surface area contributed by atoms with E-state index >= 15 is 0 Å². The van der Waals surface area contributed by atoms with Crippen LogP contribution in [0.3, 0.4) is 0 Å². The minimum Gasteiger partial charge on any atom is -0.385 e. The summed E-state index contributed by atoms with van der Waals surface area (Å²) in [6.45, 7) is 7.95. The van der Waals surface area contributed by atoms with Crippen LogP contribution in [-0.2, 0) is 9.53 Å². The molecule has 100 valence electrons. The SMILES string of the molecule is CCC1NC(CC(C)C)C(=O)N1CCCOC. The Hall–Kier alpha value is -0.610. The van der Waals surface area contributed by atoms with Crippen molar-refractivity contribution in [2.75, 3.05) is 20.3 Å². The zero-order valence-corrected chi connectivity index (χ0v) is 11.5. The number of nitrogens with one attached hydrogen (secondary N) is 1. The summed E-state index contributed by atoms with van der Waals surface area (Å²) in [6, 6.07) is 0.0162. The van der Waals surface area contributed by atoms with Crippen LogP contribution >= 0.6 is 0 Å². The summed E-state index contributed by atoms with van der Waals surface area (Å²) < 4.78 is 5.04. The molecule has 1 fully saturated rings. The molecule has 4 heteroatoms. The van der Waals surface area contributed by atoms with Crippen molar-refractivity contribution in [1.82, 2.24) is 10.2 Å². The molecule has 1 aliphatic heterocycles. The molecule has 0 spiro atoms. The molecule has 0 aromatic rings. The fraction of sp³-hybridized carbons (Fsp3) is 0.923. The zero-order valence-electron chi connectivity index (χ0n) is 11.5. The van der Waals surface area contributed by atoms with E-state index in [1.165, 1.54) is 0 Å².